The van der Waals surface area contributed by atoms with Crippen molar-refractivity contribution in [3.63, 3.8) is 0 Å². The van der Waals surface area contributed by atoms with Crippen molar-refractivity contribution < 1.29 is 13.2 Å². The molecule has 0 radical (unpaired) electrons. The van der Waals surface area contributed by atoms with E-state index in [9.17, 15) is 13.2 Å². The van der Waals surface area contributed by atoms with Crippen LogP contribution in [-0.2, 0) is 6.18 Å². The Hall–Kier alpha value is -0.980. The van der Waals surface area contributed by atoms with E-state index in [0.29, 0.717) is 17.5 Å². The molecule has 0 amide bonds. The number of nitrogens with zero attached hydrogens (tertiary/aromatic N) is 2. The maximum absolute atomic E-state index is 12.7. The Morgan fingerprint density at radius 1 is 1.32 bits per heavy atom. The van der Waals surface area contributed by atoms with E-state index in [0.717, 1.165) is 12.2 Å². The van der Waals surface area contributed by atoms with Crippen LogP contribution in [0.15, 0.2) is 11.1 Å². The lowest BCUT2D eigenvalue weighted by atomic mass is 10.3. The fourth-order valence-electron chi connectivity index (χ4n) is 1.22. The maximum Gasteiger partial charge on any atom is 0.451 e. The van der Waals surface area contributed by atoms with Gasteiger partial charge in [0.05, 0.1) is 0 Å². The molecule has 0 atom stereocenters. The van der Waals surface area contributed by atoms with Gasteiger partial charge in [-0.05, 0) is 12.3 Å². The van der Waals surface area contributed by atoms with E-state index in [1.165, 1.54) is 11.8 Å². The van der Waals surface area contributed by atoms with E-state index < -0.39 is 12.0 Å². The van der Waals surface area contributed by atoms with Crippen molar-refractivity contribution >= 4 is 17.6 Å². The van der Waals surface area contributed by atoms with Crippen molar-refractivity contribution in [3.05, 3.63) is 11.9 Å². The first-order valence-corrected chi connectivity index (χ1v) is 7.14. The van der Waals surface area contributed by atoms with Gasteiger partial charge in [-0.15, -0.1) is 11.8 Å². The normalized spacial score (nSPS) is 11.9. The van der Waals surface area contributed by atoms with Gasteiger partial charge >= 0.3 is 6.18 Å². The third kappa shape index (κ3) is 5.67. The predicted molar refractivity (Wildman–Crippen MR) is 71.4 cm³/mol. The highest BCUT2D eigenvalue weighted by molar-refractivity contribution is 7.99. The first-order chi connectivity index (χ1) is 8.82. The summed E-state index contributed by atoms with van der Waals surface area (Å²) in [6.07, 6.45) is -3.70. The number of hydrogen-bond acceptors (Lipinski definition) is 4. The SMILES string of the molecule is CCCNc1cc(SCC(C)C)nc(C(F)(F)F)n1. The summed E-state index contributed by atoms with van der Waals surface area (Å²) < 4.78 is 38.1. The molecule has 0 aliphatic heterocycles. The van der Waals surface area contributed by atoms with E-state index in [1.807, 2.05) is 20.8 Å². The number of hydrogen-bond donors (Lipinski definition) is 1. The molecular weight excluding hydrogens is 275 g/mol. The van der Waals surface area contributed by atoms with Crippen LogP contribution in [0.5, 0.6) is 0 Å². The Morgan fingerprint density at radius 2 is 2.00 bits per heavy atom. The predicted octanol–water partition coefficient (Wildman–Crippen LogP) is 4.07. The number of nitrogens with one attached hydrogen (secondary N) is 1. The number of alkyl halides is 3. The van der Waals surface area contributed by atoms with Gasteiger partial charge in [-0.1, -0.05) is 20.8 Å². The van der Waals surface area contributed by atoms with Crippen LogP contribution in [0.1, 0.15) is 33.0 Å². The zero-order valence-electron chi connectivity index (χ0n) is 11.2. The molecule has 108 valence electrons. The molecule has 1 aromatic rings. The molecule has 0 unspecified atom stereocenters. The van der Waals surface area contributed by atoms with Gasteiger partial charge in [-0.2, -0.15) is 13.2 Å². The van der Waals surface area contributed by atoms with Crippen molar-refractivity contribution in [1.82, 2.24) is 9.97 Å². The largest absolute Gasteiger partial charge is 0.451 e. The standard InChI is InChI=1S/C12H18F3N3S/c1-4-5-16-9-6-10(19-7-8(2)3)18-11(17-9)12(13,14)15/h6,8H,4-5,7H2,1-3H3,(H,16,17,18). The molecule has 0 aliphatic carbocycles. The summed E-state index contributed by atoms with van der Waals surface area (Å²) in [6, 6.07) is 1.57. The molecule has 0 aliphatic rings. The second-order valence-electron chi connectivity index (χ2n) is 4.54. The number of anilines is 1. The smallest absolute Gasteiger partial charge is 0.370 e. The summed E-state index contributed by atoms with van der Waals surface area (Å²) in [5, 5.41) is 3.23. The first kappa shape index (κ1) is 16.1. The van der Waals surface area contributed by atoms with Crippen LogP contribution >= 0.6 is 11.8 Å². The summed E-state index contributed by atoms with van der Waals surface area (Å²) in [5.74, 6) is 0.262. The molecule has 3 nitrogen and oxygen atoms in total. The van der Waals surface area contributed by atoms with Gasteiger partial charge in [0.1, 0.15) is 10.8 Å². The van der Waals surface area contributed by atoms with Crippen molar-refractivity contribution in [1.29, 1.82) is 0 Å². The fraction of sp³-hybridized carbons (Fsp3) is 0.667. The van der Waals surface area contributed by atoms with Gasteiger partial charge in [0.15, 0.2) is 0 Å². The first-order valence-electron chi connectivity index (χ1n) is 6.16. The Labute approximate surface area is 115 Å². The molecule has 1 N–H and O–H groups in total. The molecule has 0 aromatic carbocycles. The molecule has 7 heteroatoms. The molecule has 1 heterocycles. The molecule has 0 fully saturated rings. The van der Waals surface area contributed by atoms with Crippen LogP contribution in [0, 0.1) is 5.92 Å². The molecule has 0 saturated carbocycles. The fourth-order valence-corrected chi connectivity index (χ4v) is 2.07. The van der Waals surface area contributed by atoms with Crippen LogP contribution in [0.4, 0.5) is 19.0 Å². The quantitative estimate of drug-likeness (QED) is 0.634. The lowest BCUT2D eigenvalue weighted by Gasteiger charge is -2.11. The highest BCUT2D eigenvalue weighted by Gasteiger charge is 2.35. The van der Waals surface area contributed by atoms with Crippen molar-refractivity contribution in [2.45, 2.75) is 38.4 Å². The summed E-state index contributed by atoms with van der Waals surface area (Å²) in [5.41, 5.74) is 0. The van der Waals surface area contributed by atoms with Crippen LogP contribution < -0.4 is 5.32 Å². The highest BCUT2D eigenvalue weighted by Crippen LogP contribution is 2.30. The van der Waals surface area contributed by atoms with E-state index in [4.69, 9.17) is 0 Å². The third-order valence-corrected chi connectivity index (χ3v) is 3.42. The lowest BCUT2D eigenvalue weighted by Crippen LogP contribution is -2.14. The topological polar surface area (TPSA) is 37.8 Å². The number of thioether (sulfide) groups is 1. The summed E-state index contributed by atoms with van der Waals surface area (Å²) in [7, 11) is 0. The minimum atomic E-state index is -4.52. The van der Waals surface area contributed by atoms with E-state index >= 15 is 0 Å². The van der Waals surface area contributed by atoms with Crippen molar-refractivity contribution in [2.24, 2.45) is 5.92 Å². The van der Waals surface area contributed by atoms with Gasteiger partial charge in [0.2, 0.25) is 5.82 Å². The minimum absolute atomic E-state index is 0.232. The zero-order chi connectivity index (χ0) is 14.5. The van der Waals surface area contributed by atoms with Gasteiger partial charge in [-0.3, -0.25) is 0 Å². The Kier molecular flexibility index (Phi) is 5.90. The highest BCUT2D eigenvalue weighted by atomic mass is 32.2. The molecule has 0 spiro atoms. The van der Waals surface area contributed by atoms with Crippen LogP contribution in [0.25, 0.3) is 0 Å². The Bertz CT molecular complexity index is 408. The molecule has 0 saturated heterocycles. The van der Waals surface area contributed by atoms with Gasteiger partial charge in [0, 0.05) is 18.4 Å². The van der Waals surface area contributed by atoms with Gasteiger partial charge < -0.3 is 5.32 Å². The molecule has 19 heavy (non-hydrogen) atoms. The van der Waals surface area contributed by atoms with Crippen LogP contribution in [0.2, 0.25) is 0 Å². The van der Waals surface area contributed by atoms with E-state index in [1.54, 1.807) is 6.07 Å². The number of rotatable bonds is 6. The second-order valence-corrected chi connectivity index (χ2v) is 5.58. The number of halogens is 3. The second kappa shape index (κ2) is 6.98. The van der Waals surface area contributed by atoms with Crippen LogP contribution in [0.3, 0.4) is 0 Å². The van der Waals surface area contributed by atoms with Gasteiger partial charge in [0.25, 0.3) is 0 Å². The number of aromatic nitrogens is 2. The summed E-state index contributed by atoms with van der Waals surface area (Å²) >= 11 is 1.32. The van der Waals surface area contributed by atoms with E-state index in [-0.39, 0.29) is 5.82 Å². The lowest BCUT2D eigenvalue weighted by molar-refractivity contribution is -0.145. The molecule has 1 aromatic heterocycles. The van der Waals surface area contributed by atoms with Crippen LogP contribution in [-0.4, -0.2) is 22.3 Å². The molecular formula is C12H18F3N3S. The summed E-state index contributed by atoms with van der Waals surface area (Å²) in [4.78, 5) is 7.08. The average molecular weight is 293 g/mol. The van der Waals surface area contributed by atoms with Crippen molar-refractivity contribution in [2.75, 3.05) is 17.6 Å². The minimum Gasteiger partial charge on any atom is -0.370 e. The average Bonchev–Trinajstić information content (AvgIpc) is 2.32. The Balaban J connectivity index is 2.95. The zero-order valence-corrected chi connectivity index (χ0v) is 12.0. The monoisotopic (exact) mass is 293 g/mol. The van der Waals surface area contributed by atoms with E-state index in [2.05, 4.69) is 15.3 Å². The Morgan fingerprint density at radius 3 is 2.53 bits per heavy atom. The maximum atomic E-state index is 12.7. The third-order valence-electron chi connectivity index (χ3n) is 2.08. The van der Waals surface area contributed by atoms with Crippen molar-refractivity contribution in [3.8, 4) is 0 Å². The van der Waals surface area contributed by atoms with Gasteiger partial charge in [-0.25, -0.2) is 9.97 Å². The molecule has 0 bridgehead atoms. The molecule has 1 rings (SSSR count). The summed E-state index contributed by atoms with van der Waals surface area (Å²) in [6.45, 7) is 6.54.